The number of amides is 1. The molecular weight excluding hydrogens is 326 g/mol. The average Bonchev–Trinajstić information content (AvgIpc) is 2.56. The summed E-state index contributed by atoms with van der Waals surface area (Å²) in [6, 6.07) is 0. The number of hydrogen-bond donors (Lipinski definition) is 1. The van der Waals surface area contributed by atoms with Gasteiger partial charge >= 0.3 is 11.9 Å². The van der Waals surface area contributed by atoms with Crippen LogP contribution in [0.1, 0.15) is 47.5 Å². The first-order valence-electron chi connectivity index (χ1n) is 8.51. The Morgan fingerprint density at radius 2 is 1.68 bits per heavy atom. The summed E-state index contributed by atoms with van der Waals surface area (Å²) >= 11 is 0. The van der Waals surface area contributed by atoms with Crippen molar-refractivity contribution in [1.29, 1.82) is 0 Å². The zero-order valence-electron chi connectivity index (χ0n) is 15.9. The van der Waals surface area contributed by atoms with Crippen molar-refractivity contribution in [3.63, 3.8) is 0 Å². The van der Waals surface area contributed by atoms with Crippen molar-refractivity contribution in [2.45, 2.75) is 47.5 Å². The number of nitrogens with one attached hydrogen (secondary N) is 1. The van der Waals surface area contributed by atoms with E-state index in [1.165, 1.54) is 7.11 Å². The van der Waals surface area contributed by atoms with Crippen LogP contribution in [0.15, 0.2) is 11.5 Å². The van der Waals surface area contributed by atoms with Crippen LogP contribution >= 0.6 is 0 Å². The highest BCUT2D eigenvalue weighted by Crippen LogP contribution is 2.27. The number of rotatable bonds is 5. The third-order valence-corrected chi connectivity index (χ3v) is 3.83. The van der Waals surface area contributed by atoms with Crippen LogP contribution in [0.2, 0.25) is 0 Å². The Bertz CT molecular complexity index is 538. The molecule has 1 amide bonds. The van der Waals surface area contributed by atoms with E-state index in [2.05, 4.69) is 5.32 Å². The van der Waals surface area contributed by atoms with Crippen LogP contribution in [-0.2, 0) is 28.6 Å². The van der Waals surface area contributed by atoms with Crippen molar-refractivity contribution >= 4 is 17.8 Å². The lowest BCUT2D eigenvalue weighted by molar-refractivity contribution is -0.156. The van der Waals surface area contributed by atoms with Gasteiger partial charge in [-0.1, -0.05) is 13.8 Å². The SMILES string of the molecule is COC(=O)C(OC(=O)C(C)(C)C)=C(NC(=O)C(C)C)C1CCOCC1. The van der Waals surface area contributed by atoms with Crippen LogP contribution in [0.25, 0.3) is 0 Å². The van der Waals surface area contributed by atoms with Gasteiger partial charge in [0.15, 0.2) is 0 Å². The number of ether oxygens (including phenoxy) is 3. The van der Waals surface area contributed by atoms with E-state index in [4.69, 9.17) is 14.2 Å². The number of allylic oxidation sites excluding steroid dienone is 1. The third kappa shape index (κ3) is 6.16. The Kier molecular flexibility index (Phi) is 7.60. The molecule has 0 aromatic carbocycles. The summed E-state index contributed by atoms with van der Waals surface area (Å²) in [6.45, 7) is 9.56. The van der Waals surface area contributed by atoms with E-state index in [1.807, 2.05) is 0 Å². The number of methoxy groups -OCH3 is 1. The first kappa shape index (κ1) is 21.2. The number of carbonyl (C=O) groups is 3. The van der Waals surface area contributed by atoms with Gasteiger partial charge in [-0.2, -0.15) is 0 Å². The van der Waals surface area contributed by atoms with Crippen molar-refractivity contribution in [2.75, 3.05) is 20.3 Å². The highest BCUT2D eigenvalue weighted by Gasteiger charge is 2.33. The third-order valence-electron chi connectivity index (χ3n) is 3.83. The number of esters is 2. The lowest BCUT2D eigenvalue weighted by Gasteiger charge is -2.27. The Hall–Kier alpha value is -1.89. The van der Waals surface area contributed by atoms with E-state index in [0.717, 1.165) is 0 Å². The molecule has 0 radical (unpaired) electrons. The second-order valence-electron chi connectivity index (χ2n) is 7.40. The predicted octanol–water partition coefficient (Wildman–Crippen LogP) is 2.16. The summed E-state index contributed by atoms with van der Waals surface area (Å²) in [7, 11) is 1.21. The lowest BCUT2D eigenvalue weighted by atomic mass is 9.94. The Morgan fingerprint density at radius 3 is 2.12 bits per heavy atom. The molecule has 7 nitrogen and oxygen atoms in total. The first-order chi connectivity index (χ1) is 11.6. The maximum atomic E-state index is 12.3. The van der Waals surface area contributed by atoms with E-state index in [1.54, 1.807) is 34.6 Å². The molecular formula is C18H29NO6. The molecule has 7 heteroatoms. The van der Waals surface area contributed by atoms with Gasteiger partial charge in [0.2, 0.25) is 11.7 Å². The molecule has 0 saturated carbocycles. The minimum absolute atomic E-state index is 0.154. The summed E-state index contributed by atoms with van der Waals surface area (Å²) in [6.07, 6.45) is 1.22. The number of hydrogen-bond acceptors (Lipinski definition) is 6. The smallest absolute Gasteiger partial charge is 0.375 e. The van der Waals surface area contributed by atoms with Gasteiger partial charge in [0.05, 0.1) is 18.2 Å². The molecule has 1 rings (SSSR count). The summed E-state index contributed by atoms with van der Waals surface area (Å²) in [5, 5.41) is 2.77. The molecule has 1 fully saturated rings. The topological polar surface area (TPSA) is 90.9 Å². The molecule has 0 aliphatic carbocycles. The summed E-state index contributed by atoms with van der Waals surface area (Å²) in [4.78, 5) is 36.8. The standard InChI is InChI=1S/C18H29NO6/c1-11(2)15(20)19-13(12-7-9-24-10-8-12)14(16(21)23-6)25-17(22)18(3,4)5/h11-12H,7-10H2,1-6H3,(H,19,20). The molecule has 1 heterocycles. The largest absolute Gasteiger partial charge is 0.463 e. The van der Waals surface area contributed by atoms with Gasteiger partial charge in [0, 0.05) is 25.0 Å². The van der Waals surface area contributed by atoms with E-state index in [9.17, 15) is 14.4 Å². The minimum Gasteiger partial charge on any atom is -0.463 e. The summed E-state index contributed by atoms with van der Waals surface area (Å²) < 4.78 is 15.5. The molecule has 1 aliphatic heterocycles. The molecule has 0 aromatic rings. The van der Waals surface area contributed by atoms with E-state index in [-0.39, 0.29) is 23.5 Å². The lowest BCUT2D eigenvalue weighted by Crippen LogP contribution is -2.36. The van der Waals surface area contributed by atoms with E-state index in [0.29, 0.717) is 31.8 Å². The molecule has 1 aliphatic rings. The maximum Gasteiger partial charge on any atom is 0.375 e. The normalized spacial score (nSPS) is 16.9. The van der Waals surface area contributed by atoms with Gasteiger partial charge in [0.1, 0.15) is 0 Å². The van der Waals surface area contributed by atoms with Crippen molar-refractivity contribution in [3.05, 3.63) is 11.5 Å². The fourth-order valence-electron chi connectivity index (χ4n) is 2.15. The van der Waals surface area contributed by atoms with Gasteiger partial charge in [-0.15, -0.1) is 0 Å². The molecule has 0 bridgehead atoms. The molecule has 0 spiro atoms. The van der Waals surface area contributed by atoms with Gasteiger partial charge in [-0.25, -0.2) is 4.79 Å². The Labute approximate surface area is 149 Å². The van der Waals surface area contributed by atoms with Crippen LogP contribution in [-0.4, -0.2) is 38.2 Å². The van der Waals surface area contributed by atoms with Gasteiger partial charge in [-0.3, -0.25) is 9.59 Å². The van der Waals surface area contributed by atoms with Crippen molar-refractivity contribution in [3.8, 4) is 0 Å². The molecule has 1 N–H and O–H groups in total. The van der Waals surface area contributed by atoms with Crippen LogP contribution in [0.4, 0.5) is 0 Å². The van der Waals surface area contributed by atoms with Crippen molar-refractivity contribution in [2.24, 2.45) is 17.3 Å². The van der Waals surface area contributed by atoms with Gasteiger partial charge < -0.3 is 19.5 Å². The van der Waals surface area contributed by atoms with Gasteiger partial charge in [0.25, 0.3) is 0 Å². The van der Waals surface area contributed by atoms with E-state index >= 15 is 0 Å². The highest BCUT2D eigenvalue weighted by molar-refractivity contribution is 5.92. The first-order valence-corrected chi connectivity index (χ1v) is 8.51. The molecule has 0 atom stereocenters. The van der Waals surface area contributed by atoms with Crippen molar-refractivity contribution in [1.82, 2.24) is 5.32 Å². The quantitative estimate of drug-likeness (QED) is 0.462. The molecule has 0 unspecified atom stereocenters. The molecule has 142 valence electrons. The average molecular weight is 355 g/mol. The highest BCUT2D eigenvalue weighted by atomic mass is 16.6. The zero-order valence-corrected chi connectivity index (χ0v) is 15.9. The summed E-state index contributed by atoms with van der Waals surface area (Å²) in [5.41, 5.74) is -0.506. The Balaban J connectivity index is 3.31. The second kappa shape index (κ2) is 8.99. The van der Waals surface area contributed by atoms with Crippen molar-refractivity contribution < 1.29 is 28.6 Å². The fourth-order valence-corrected chi connectivity index (χ4v) is 2.15. The second-order valence-corrected chi connectivity index (χ2v) is 7.40. The molecule has 0 aromatic heterocycles. The number of carbonyl (C=O) groups excluding carboxylic acids is 3. The van der Waals surface area contributed by atoms with Gasteiger partial charge in [-0.05, 0) is 33.6 Å². The fraction of sp³-hybridized carbons (Fsp3) is 0.722. The van der Waals surface area contributed by atoms with Crippen LogP contribution in [0, 0.1) is 17.3 Å². The maximum absolute atomic E-state index is 12.3. The van der Waals surface area contributed by atoms with E-state index < -0.39 is 17.4 Å². The molecule has 1 saturated heterocycles. The predicted molar refractivity (Wildman–Crippen MR) is 91.1 cm³/mol. The van der Waals surface area contributed by atoms with Crippen LogP contribution < -0.4 is 5.32 Å². The zero-order chi connectivity index (χ0) is 19.2. The molecule has 25 heavy (non-hydrogen) atoms. The van der Waals surface area contributed by atoms with Crippen LogP contribution in [0.3, 0.4) is 0 Å². The van der Waals surface area contributed by atoms with Crippen LogP contribution in [0.5, 0.6) is 0 Å². The monoisotopic (exact) mass is 355 g/mol. The minimum atomic E-state index is -0.803. The summed E-state index contributed by atoms with van der Waals surface area (Å²) in [5.74, 6) is -2.30. The Morgan fingerprint density at radius 1 is 1.12 bits per heavy atom.